The fourth-order valence-corrected chi connectivity index (χ4v) is 1.65. The fourth-order valence-electron chi connectivity index (χ4n) is 1.65. The number of carbonyl (C=O) groups excluding carboxylic acids is 3. The monoisotopic (exact) mass is 293 g/mol. The van der Waals surface area contributed by atoms with E-state index in [0.717, 1.165) is 5.56 Å². The van der Waals surface area contributed by atoms with E-state index in [1.54, 1.807) is 31.2 Å². The second kappa shape index (κ2) is 8.01. The smallest absolute Gasteiger partial charge is 0.325 e. The van der Waals surface area contributed by atoms with E-state index in [1.165, 1.54) is 0 Å². The first-order valence-corrected chi connectivity index (χ1v) is 6.51. The Morgan fingerprint density at radius 3 is 2.38 bits per heavy atom. The molecule has 1 aromatic carbocycles. The molecule has 2 amide bonds. The largest absolute Gasteiger partial charge is 0.465 e. The average Bonchev–Trinajstić information content (AvgIpc) is 2.45. The Bertz CT molecular complexity index is 513. The van der Waals surface area contributed by atoms with Gasteiger partial charge < -0.3 is 21.5 Å². The lowest BCUT2D eigenvalue weighted by atomic mass is 10.0. The van der Waals surface area contributed by atoms with E-state index in [1.807, 2.05) is 0 Å². The molecule has 0 aliphatic heterocycles. The average molecular weight is 293 g/mol. The zero-order valence-electron chi connectivity index (χ0n) is 11.8. The molecule has 0 bridgehead atoms. The van der Waals surface area contributed by atoms with Gasteiger partial charge in [0.2, 0.25) is 11.8 Å². The summed E-state index contributed by atoms with van der Waals surface area (Å²) in [5.74, 6) is -1.47. The number of carbonyl (C=O) groups is 3. The molecule has 0 aliphatic rings. The van der Waals surface area contributed by atoms with Crippen molar-refractivity contribution >= 4 is 17.8 Å². The summed E-state index contributed by atoms with van der Waals surface area (Å²) in [6, 6.07) is 5.71. The molecule has 0 heterocycles. The molecule has 1 atom stereocenters. The molecule has 0 aromatic heterocycles. The van der Waals surface area contributed by atoms with Gasteiger partial charge in [-0.15, -0.1) is 0 Å². The molecule has 0 fully saturated rings. The predicted octanol–water partition coefficient (Wildman–Crippen LogP) is -0.665. The molecule has 21 heavy (non-hydrogen) atoms. The van der Waals surface area contributed by atoms with Gasteiger partial charge in [0.05, 0.1) is 12.6 Å². The Labute approximate surface area is 122 Å². The van der Waals surface area contributed by atoms with E-state index < -0.39 is 23.8 Å². The van der Waals surface area contributed by atoms with Crippen LogP contribution in [0.5, 0.6) is 0 Å². The molecule has 0 spiro atoms. The topological polar surface area (TPSA) is 125 Å². The molecule has 7 nitrogen and oxygen atoms in total. The van der Waals surface area contributed by atoms with E-state index in [-0.39, 0.29) is 19.6 Å². The SMILES string of the molecule is CCOC(=O)CNC(=O)[C@@H](N)Cc1ccc(C(N)=O)cc1. The van der Waals surface area contributed by atoms with Crippen molar-refractivity contribution in [2.24, 2.45) is 11.5 Å². The van der Waals surface area contributed by atoms with Crippen LogP contribution in [-0.2, 0) is 20.7 Å². The molecule has 1 rings (SSSR count). The Hall–Kier alpha value is -2.41. The van der Waals surface area contributed by atoms with Crippen LogP contribution in [0.2, 0.25) is 0 Å². The van der Waals surface area contributed by atoms with Crippen molar-refractivity contribution in [1.29, 1.82) is 0 Å². The minimum Gasteiger partial charge on any atom is -0.465 e. The number of benzene rings is 1. The highest BCUT2D eigenvalue weighted by Crippen LogP contribution is 2.06. The van der Waals surface area contributed by atoms with Gasteiger partial charge in [-0.25, -0.2) is 0 Å². The second-order valence-corrected chi connectivity index (χ2v) is 4.39. The minimum absolute atomic E-state index is 0.207. The third-order valence-electron chi connectivity index (χ3n) is 2.74. The summed E-state index contributed by atoms with van der Waals surface area (Å²) in [5, 5.41) is 2.40. The molecule has 0 unspecified atom stereocenters. The van der Waals surface area contributed by atoms with Crippen molar-refractivity contribution in [2.45, 2.75) is 19.4 Å². The Morgan fingerprint density at radius 2 is 1.86 bits per heavy atom. The summed E-state index contributed by atoms with van der Waals surface area (Å²) in [6.45, 7) is 1.73. The first-order valence-electron chi connectivity index (χ1n) is 6.51. The summed E-state index contributed by atoms with van der Waals surface area (Å²) in [4.78, 5) is 33.8. The van der Waals surface area contributed by atoms with Crippen LogP contribution in [0.3, 0.4) is 0 Å². The number of ether oxygens (including phenoxy) is 1. The Balaban J connectivity index is 2.48. The van der Waals surface area contributed by atoms with Crippen molar-refractivity contribution in [3.05, 3.63) is 35.4 Å². The van der Waals surface area contributed by atoms with Gasteiger partial charge in [0, 0.05) is 5.56 Å². The number of nitrogens with two attached hydrogens (primary N) is 2. The van der Waals surface area contributed by atoms with Crippen LogP contribution >= 0.6 is 0 Å². The van der Waals surface area contributed by atoms with E-state index in [0.29, 0.717) is 5.56 Å². The first kappa shape index (κ1) is 16.6. The second-order valence-electron chi connectivity index (χ2n) is 4.39. The quantitative estimate of drug-likeness (QED) is 0.575. The Morgan fingerprint density at radius 1 is 1.24 bits per heavy atom. The molecule has 0 aliphatic carbocycles. The predicted molar refractivity (Wildman–Crippen MR) is 76.3 cm³/mol. The highest BCUT2D eigenvalue weighted by Gasteiger charge is 2.15. The van der Waals surface area contributed by atoms with E-state index >= 15 is 0 Å². The molecule has 0 saturated heterocycles. The summed E-state index contributed by atoms with van der Waals surface area (Å²) in [6.07, 6.45) is 0.285. The van der Waals surface area contributed by atoms with Gasteiger partial charge >= 0.3 is 5.97 Å². The van der Waals surface area contributed by atoms with Crippen LogP contribution in [-0.4, -0.2) is 37.0 Å². The van der Waals surface area contributed by atoms with Crippen molar-refractivity contribution in [1.82, 2.24) is 5.32 Å². The number of esters is 1. The number of rotatable bonds is 7. The molecule has 114 valence electrons. The highest BCUT2D eigenvalue weighted by molar-refractivity contribution is 5.92. The zero-order chi connectivity index (χ0) is 15.8. The summed E-state index contributed by atoms with van der Waals surface area (Å²) in [5.41, 5.74) is 12.1. The third-order valence-corrected chi connectivity index (χ3v) is 2.74. The molecule has 0 radical (unpaired) electrons. The van der Waals surface area contributed by atoms with Gasteiger partial charge in [0.1, 0.15) is 6.54 Å². The van der Waals surface area contributed by atoms with Gasteiger partial charge in [0.25, 0.3) is 0 Å². The highest BCUT2D eigenvalue weighted by atomic mass is 16.5. The maximum Gasteiger partial charge on any atom is 0.325 e. The van der Waals surface area contributed by atoms with Crippen LogP contribution in [0.25, 0.3) is 0 Å². The van der Waals surface area contributed by atoms with E-state index in [2.05, 4.69) is 10.1 Å². The van der Waals surface area contributed by atoms with Crippen LogP contribution in [0.4, 0.5) is 0 Å². The number of nitrogens with one attached hydrogen (secondary N) is 1. The van der Waals surface area contributed by atoms with Crippen LogP contribution < -0.4 is 16.8 Å². The van der Waals surface area contributed by atoms with Crippen molar-refractivity contribution in [2.75, 3.05) is 13.2 Å². The molecular weight excluding hydrogens is 274 g/mol. The lowest BCUT2D eigenvalue weighted by Crippen LogP contribution is -2.44. The van der Waals surface area contributed by atoms with Crippen molar-refractivity contribution < 1.29 is 19.1 Å². The van der Waals surface area contributed by atoms with Crippen molar-refractivity contribution in [3.8, 4) is 0 Å². The zero-order valence-corrected chi connectivity index (χ0v) is 11.8. The minimum atomic E-state index is -0.793. The van der Waals surface area contributed by atoms with Gasteiger partial charge in [-0.2, -0.15) is 0 Å². The lowest BCUT2D eigenvalue weighted by Gasteiger charge is -2.12. The van der Waals surface area contributed by atoms with Gasteiger partial charge in [-0.3, -0.25) is 14.4 Å². The van der Waals surface area contributed by atoms with Crippen LogP contribution in [0.15, 0.2) is 24.3 Å². The molecular formula is C14H19N3O4. The van der Waals surface area contributed by atoms with Gasteiger partial charge in [0.15, 0.2) is 0 Å². The standard InChI is InChI=1S/C14H19N3O4/c1-2-21-12(18)8-17-14(20)11(15)7-9-3-5-10(6-4-9)13(16)19/h3-6,11H,2,7-8,15H2,1H3,(H2,16,19)(H,17,20)/t11-/m0/s1. The van der Waals surface area contributed by atoms with Gasteiger partial charge in [-0.05, 0) is 31.0 Å². The molecule has 0 saturated carbocycles. The van der Waals surface area contributed by atoms with Crippen LogP contribution in [0.1, 0.15) is 22.8 Å². The maximum absolute atomic E-state index is 11.7. The Kier molecular flexibility index (Phi) is 6.35. The number of primary amides is 1. The summed E-state index contributed by atoms with van der Waals surface area (Å²) < 4.78 is 4.69. The molecule has 7 heteroatoms. The number of hydrogen-bond donors (Lipinski definition) is 3. The summed E-state index contributed by atoms with van der Waals surface area (Å²) in [7, 11) is 0. The lowest BCUT2D eigenvalue weighted by molar-refractivity contribution is -0.143. The number of hydrogen-bond acceptors (Lipinski definition) is 5. The molecule has 1 aromatic rings. The normalized spacial score (nSPS) is 11.5. The first-order chi connectivity index (χ1) is 9.93. The number of amides is 2. The fraction of sp³-hybridized carbons (Fsp3) is 0.357. The third kappa shape index (κ3) is 5.62. The molecule has 5 N–H and O–H groups in total. The van der Waals surface area contributed by atoms with Gasteiger partial charge in [-0.1, -0.05) is 12.1 Å². The van der Waals surface area contributed by atoms with E-state index in [9.17, 15) is 14.4 Å². The summed E-state index contributed by atoms with van der Waals surface area (Å²) >= 11 is 0. The maximum atomic E-state index is 11.7. The van der Waals surface area contributed by atoms with E-state index in [4.69, 9.17) is 11.5 Å². The van der Waals surface area contributed by atoms with Crippen LogP contribution in [0, 0.1) is 0 Å². The van der Waals surface area contributed by atoms with Crippen molar-refractivity contribution in [3.63, 3.8) is 0 Å².